The molecule has 1 aliphatic carbocycles. The van der Waals surface area contributed by atoms with E-state index in [0.717, 1.165) is 25.2 Å². The van der Waals surface area contributed by atoms with E-state index in [-0.39, 0.29) is 0 Å². The quantitative estimate of drug-likeness (QED) is 0.892. The summed E-state index contributed by atoms with van der Waals surface area (Å²) in [6.45, 7) is 12.6. The third-order valence-corrected chi connectivity index (χ3v) is 5.91. The van der Waals surface area contributed by atoms with E-state index in [1.54, 1.807) is 0 Å². The van der Waals surface area contributed by atoms with E-state index in [0.29, 0.717) is 22.9 Å². The van der Waals surface area contributed by atoms with Gasteiger partial charge in [-0.3, -0.25) is 0 Å². The first-order valence-electron chi connectivity index (χ1n) is 7.89. The van der Waals surface area contributed by atoms with Crippen LogP contribution in [0.15, 0.2) is 18.2 Å². The Hall–Kier alpha value is -1.02. The summed E-state index contributed by atoms with van der Waals surface area (Å²) in [5.41, 5.74) is 3.56. The van der Waals surface area contributed by atoms with Crippen LogP contribution in [0.1, 0.15) is 58.2 Å². The van der Waals surface area contributed by atoms with Gasteiger partial charge in [-0.25, -0.2) is 0 Å². The predicted octanol–water partition coefficient (Wildman–Crippen LogP) is 4.10. The molecule has 3 rings (SSSR count). The molecule has 1 aromatic carbocycles. The summed E-state index contributed by atoms with van der Waals surface area (Å²) in [5, 5.41) is 3.89. The monoisotopic (exact) mass is 273 g/mol. The molecule has 2 nitrogen and oxygen atoms in total. The fourth-order valence-electron chi connectivity index (χ4n) is 3.69. The molecule has 0 aromatic heterocycles. The summed E-state index contributed by atoms with van der Waals surface area (Å²) in [4.78, 5) is 0. The van der Waals surface area contributed by atoms with Gasteiger partial charge in [0.1, 0.15) is 5.75 Å². The van der Waals surface area contributed by atoms with E-state index in [9.17, 15) is 0 Å². The molecular formula is C18H27NO. The first-order chi connectivity index (χ1) is 9.38. The van der Waals surface area contributed by atoms with Crippen LogP contribution in [0.25, 0.3) is 0 Å². The summed E-state index contributed by atoms with van der Waals surface area (Å²) in [6.07, 6.45) is 2.18. The van der Waals surface area contributed by atoms with Gasteiger partial charge in [0.2, 0.25) is 0 Å². The minimum atomic E-state index is 0.389. The van der Waals surface area contributed by atoms with Gasteiger partial charge >= 0.3 is 0 Å². The van der Waals surface area contributed by atoms with E-state index in [1.807, 2.05) is 0 Å². The van der Waals surface area contributed by atoms with Gasteiger partial charge < -0.3 is 10.1 Å². The molecule has 0 saturated heterocycles. The predicted molar refractivity (Wildman–Crippen MR) is 83.2 cm³/mol. The third kappa shape index (κ3) is 1.96. The lowest BCUT2D eigenvalue weighted by Crippen LogP contribution is -2.27. The van der Waals surface area contributed by atoms with Gasteiger partial charge in [-0.1, -0.05) is 46.8 Å². The molecule has 2 aliphatic rings. The van der Waals surface area contributed by atoms with E-state index in [4.69, 9.17) is 4.74 Å². The van der Waals surface area contributed by atoms with Crippen LogP contribution in [-0.2, 0) is 6.42 Å². The lowest BCUT2D eigenvalue weighted by Gasteiger charge is -2.20. The number of ether oxygens (including phenoxy) is 1. The normalized spacial score (nSPS) is 24.1. The van der Waals surface area contributed by atoms with E-state index in [1.165, 1.54) is 11.1 Å². The Morgan fingerprint density at radius 3 is 2.55 bits per heavy atom. The van der Waals surface area contributed by atoms with E-state index >= 15 is 0 Å². The first kappa shape index (κ1) is 13.9. The van der Waals surface area contributed by atoms with Crippen molar-refractivity contribution in [1.82, 2.24) is 5.32 Å². The van der Waals surface area contributed by atoms with Gasteiger partial charge in [0.15, 0.2) is 0 Å². The maximum Gasteiger partial charge on any atom is 0.122 e. The second-order valence-electron chi connectivity index (χ2n) is 7.47. The largest absolute Gasteiger partial charge is 0.493 e. The zero-order chi connectivity index (χ0) is 14.5. The smallest absolute Gasteiger partial charge is 0.122 e. The summed E-state index contributed by atoms with van der Waals surface area (Å²) >= 11 is 0. The van der Waals surface area contributed by atoms with Crippen molar-refractivity contribution in [2.24, 2.45) is 10.8 Å². The molecule has 1 aliphatic heterocycles. The summed E-state index contributed by atoms with van der Waals surface area (Å²) < 4.78 is 5.61. The van der Waals surface area contributed by atoms with Crippen molar-refractivity contribution in [2.45, 2.75) is 59.5 Å². The van der Waals surface area contributed by atoms with Crippen molar-refractivity contribution >= 4 is 0 Å². The number of hydrogen-bond donors (Lipinski definition) is 1. The molecule has 1 heterocycles. The van der Waals surface area contributed by atoms with Gasteiger partial charge in [0.05, 0.1) is 6.61 Å². The van der Waals surface area contributed by atoms with Gasteiger partial charge in [-0.15, -0.1) is 0 Å². The molecule has 0 spiro atoms. The minimum absolute atomic E-state index is 0.389. The van der Waals surface area contributed by atoms with Gasteiger partial charge in [-0.2, -0.15) is 0 Å². The molecule has 1 aromatic rings. The Labute approximate surface area is 122 Å². The molecule has 2 heteroatoms. The van der Waals surface area contributed by atoms with Crippen molar-refractivity contribution in [3.8, 4) is 5.75 Å². The molecule has 1 fully saturated rings. The highest BCUT2D eigenvalue weighted by Crippen LogP contribution is 2.63. The molecule has 0 amide bonds. The lowest BCUT2D eigenvalue weighted by molar-refractivity contribution is 0.356. The molecule has 110 valence electrons. The SMILES string of the molecule is CCC(NC1C(C)(C)C1(C)C)c1ccc2c(c1)CCO2. The highest BCUT2D eigenvalue weighted by molar-refractivity contribution is 5.41. The number of benzene rings is 1. The standard InChI is InChI=1S/C18H27NO/c1-6-14(19-16-17(2,3)18(16,4)5)12-7-8-15-13(11-12)9-10-20-15/h7-8,11,14,16,19H,6,9-10H2,1-5H3. The molecule has 1 atom stereocenters. The highest BCUT2D eigenvalue weighted by atomic mass is 16.5. The van der Waals surface area contributed by atoms with Crippen LogP contribution in [-0.4, -0.2) is 12.6 Å². The Balaban J connectivity index is 1.78. The average molecular weight is 273 g/mol. The zero-order valence-electron chi connectivity index (χ0n) is 13.4. The van der Waals surface area contributed by atoms with Crippen LogP contribution in [0.4, 0.5) is 0 Å². The molecular weight excluding hydrogens is 246 g/mol. The third-order valence-electron chi connectivity index (χ3n) is 5.91. The van der Waals surface area contributed by atoms with Crippen molar-refractivity contribution in [3.05, 3.63) is 29.3 Å². The summed E-state index contributed by atoms with van der Waals surface area (Å²) in [6, 6.07) is 7.77. The van der Waals surface area contributed by atoms with Crippen LogP contribution in [0.2, 0.25) is 0 Å². The van der Waals surface area contributed by atoms with E-state index < -0.39 is 0 Å². The number of fused-ring (bicyclic) bond motifs is 1. The fraction of sp³-hybridized carbons (Fsp3) is 0.667. The lowest BCUT2D eigenvalue weighted by atomic mass is 10.0. The molecule has 1 N–H and O–H groups in total. The highest BCUT2D eigenvalue weighted by Gasteiger charge is 2.64. The maximum absolute atomic E-state index is 5.61. The van der Waals surface area contributed by atoms with Crippen LogP contribution < -0.4 is 10.1 Å². The van der Waals surface area contributed by atoms with Crippen LogP contribution in [0.5, 0.6) is 5.75 Å². The van der Waals surface area contributed by atoms with Crippen LogP contribution >= 0.6 is 0 Å². The molecule has 0 bridgehead atoms. The second-order valence-corrected chi connectivity index (χ2v) is 7.47. The Kier molecular flexibility index (Phi) is 3.13. The Morgan fingerprint density at radius 2 is 1.95 bits per heavy atom. The molecule has 20 heavy (non-hydrogen) atoms. The molecule has 0 radical (unpaired) electrons. The first-order valence-corrected chi connectivity index (χ1v) is 7.89. The number of hydrogen-bond acceptors (Lipinski definition) is 2. The van der Waals surface area contributed by atoms with Gasteiger partial charge in [-0.05, 0) is 34.4 Å². The summed E-state index contributed by atoms with van der Waals surface area (Å²) in [5.74, 6) is 1.08. The average Bonchev–Trinajstić information content (AvgIpc) is 2.76. The number of rotatable bonds is 4. The van der Waals surface area contributed by atoms with Crippen molar-refractivity contribution < 1.29 is 4.74 Å². The van der Waals surface area contributed by atoms with Crippen molar-refractivity contribution in [2.75, 3.05) is 6.61 Å². The Bertz CT molecular complexity index is 504. The fourth-order valence-corrected chi connectivity index (χ4v) is 3.69. The van der Waals surface area contributed by atoms with Crippen molar-refractivity contribution in [3.63, 3.8) is 0 Å². The van der Waals surface area contributed by atoms with Crippen LogP contribution in [0.3, 0.4) is 0 Å². The second kappa shape index (κ2) is 4.49. The van der Waals surface area contributed by atoms with Crippen LogP contribution in [0, 0.1) is 10.8 Å². The Morgan fingerprint density at radius 1 is 1.25 bits per heavy atom. The zero-order valence-corrected chi connectivity index (χ0v) is 13.4. The van der Waals surface area contributed by atoms with Gasteiger partial charge in [0.25, 0.3) is 0 Å². The van der Waals surface area contributed by atoms with Crippen molar-refractivity contribution in [1.29, 1.82) is 0 Å². The minimum Gasteiger partial charge on any atom is -0.493 e. The van der Waals surface area contributed by atoms with Gasteiger partial charge in [0, 0.05) is 18.5 Å². The van der Waals surface area contributed by atoms with E-state index in [2.05, 4.69) is 58.1 Å². The topological polar surface area (TPSA) is 21.3 Å². The number of nitrogens with one attached hydrogen (secondary N) is 1. The summed E-state index contributed by atoms with van der Waals surface area (Å²) in [7, 11) is 0. The molecule has 1 saturated carbocycles. The molecule has 1 unspecified atom stereocenters. The maximum atomic E-state index is 5.61.